The molecule has 114 valence electrons. The minimum absolute atomic E-state index is 0.290. The maximum Gasteiger partial charge on any atom is 0.326 e. The van der Waals surface area contributed by atoms with Gasteiger partial charge in [-0.05, 0) is 48.6 Å². The lowest BCUT2D eigenvalue weighted by molar-refractivity contribution is -0.139. The molecule has 1 heterocycles. The van der Waals surface area contributed by atoms with Gasteiger partial charge in [0, 0.05) is 12.1 Å². The zero-order valence-corrected chi connectivity index (χ0v) is 12.8. The van der Waals surface area contributed by atoms with Crippen molar-refractivity contribution < 1.29 is 14.7 Å². The molecule has 0 radical (unpaired) electrons. The molecule has 1 amide bonds. The van der Waals surface area contributed by atoms with E-state index in [1.165, 1.54) is 0 Å². The van der Waals surface area contributed by atoms with E-state index in [0.29, 0.717) is 17.7 Å². The molecular weight excluding hydrogens is 288 g/mol. The smallest absolute Gasteiger partial charge is 0.326 e. The summed E-state index contributed by atoms with van der Waals surface area (Å²) in [5.41, 5.74) is 2.75. The van der Waals surface area contributed by atoms with Gasteiger partial charge in [-0.1, -0.05) is 12.1 Å². The van der Waals surface area contributed by atoms with Crippen molar-refractivity contribution in [2.24, 2.45) is 0 Å². The zero-order chi connectivity index (χ0) is 15.2. The Morgan fingerprint density at radius 2 is 2.29 bits per heavy atom. The van der Waals surface area contributed by atoms with E-state index >= 15 is 0 Å². The third kappa shape index (κ3) is 3.98. The number of fused-ring (bicyclic) bond motifs is 1. The fourth-order valence-electron chi connectivity index (χ4n) is 2.47. The number of amides is 1. The van der Waals surface area contributed by atoms with E-state index in [1.807, 2.05) is 18.4 Å². The first-order chi connectivity index (χ1) is 10.1. The SMILES string of the molecule is CSCC[C@@H](NC(=O)c1cccc2c1CCNC2)C(=O)O. The van der Waals surface area contributed by atoms with E-state index in [0.717, 1.165) is 30.6 Å². The fraction of sp³-hybridized carbons (Fsp3) is 0.467. The summed E-state index contributed by atoms with van der Waals surface area (Å²) in [7, 11) is 0. The third-order valence-electron chi connectivity index (χ3n) is 3.60. The molecule has 1 aliphatic heterocycles. The van der Waals surface area contributed by atoms with E-state index in [9.17, 15) is 14.7 Å². The van der Waals surface area contributed by atoms with Crippen molar-refractivity contribution in [3.05, 3.63) is 34.9 Å². The van der Waals surface area contributed by atoms with E-state index in [-0.39, 0.29) is 5.91 Å². The van der Waals surface area contributed by atoms with Crippen LogP contribution in [0.5, 0.6) is 0 Å². The Hall–Kier alpha value is -1.53. The first-order valence-corrected chi connectivity index (χ1v) is 8.37. The molecule has 0 fully saturated rings. The van der Waals surface area contributed by atoms with Gasteiger partial charge in [0.2, 0.25) is 0 Å². The van der Waals surface area contributed by atoms with Crippen LogP contribution in [0.25, 0.3) is 0 Å². The highest BCUT2D eigenvalue weighted by Crippen LogP contribution is 2.19. The van der Waals surface area contributed by atoms with Gasteiger partial charge >= 0.3 is 5.97 Å². The number of rotatable bonds is 6. The quantitative estimate of drug-likeness (QED) is 0.737. The molecule has 0 aliphatic carbocycles. The molecule has 0 aromatic heterocycles. The molecule has 1 aromatic rings. The number of hydrogen-bond donors (Lipinski definition) is 3. The molecule has 5 nitrogen and oxygen atoms in total. The van der Waals surface area contributed by atoms with Crippen LogP contribution < -0.4 is 10.6 Å². The van der Waals surface area contributed by atoms with Crippen LogP contribution in [0, 0.1) is 0 Å². The average Bonchev–Trinajstić information content (AvgIpc) is 2.50. The molecule has 6 heteroatoms. The topological polar surface area (TPSA) is 78.4 Å². The summed E-state index contributed by atoms with van der Waals surface area (Å²) in [4.78, 5) is 23.6. The summed E-state index contributed by atoms with van der Waals surface area (Å²) < 4.78 is 0. The van der Waals surface area contributed by atoms with E-state index in [2.05, 4.69) is 10.6 Å². The molecule has 0 bridgehead atoms. The molecule has 3 N–H and O–H groups in total. The molecule has 1 aromatic carbocycles. The van der Waals surface area contributed by atoms with Crippen LogP contribution in [0.4, 0.5) is 0 Å². The third-order valence-corrected chi connectivity index (χ3v) is 4.24. The summed E-state index contributed by atoms with van der Waals surface area (Å²) >= 11 is 1.57. The molecule has 0 saturated carbocycles. The lowest BCUT2D eigenvalue weighted by atomic mass is 9.95. The van der Waals surface area contributed by atoms with Gasteiger partial charge in [0.1, 0.15) is 6.04 Å². The second kappa shape index (κ2) is 7.47. The number of nitrogens with one attached hydrogen (secondary N) is 2. The van der Waals surface area contributed by atoms with Gasteiger partial charge in [-0.2, -0.15) is 11.8 Å². The maximum atomic E-state index is 12.4. The lowest BCUT2D eigenvalue weighted by Gasteiger charge is -2.21. The number of carbonyl (C=O) groups is 2. The first-order valence-electron chi connectivity index (χ1n) is 6.97. The zero-order valence-electron chi connectivity index (χ0n) is 12.0. The van der Waals surface area contributed by atoms with E-state index < -0.39 is 12.0 Å². The van der Waals surface area contributed by atoms with Gasteiger partial charge in [-0.15, -0.1) is 0 Å². The number of thioether (sulfide) groups is 1. The van der Waals surface area contributed by atoms with Gasteiger partial charge in [0.15, 0.2) is 0 Å². The van der Waals surface area contributed by atoms with Gasteiger partial charge in [-0.3, -0.25) is 4.79 Å². The molecular formula is C15H20N2O3S. The van der Waals surface area contributed by atoms with Crippen molar-refractivity contribution in [1.82, 2.24) is 10.6 Å². The van der Waals surface area contributed by atoms with Crippen LogP contribution in [0.15, 0.2) is 18.2 Å². The summed E-state index contributed by atoms with van der Waals surface area (Å²) in [6, 6.07) is 4.79. The molecule has 1 aliphatic rings. The Morgan fingerprint density at radius 1 is 1.48 bits per heavy atom. The summed E-state index contributed by atoms with van der Waals surface area (Å²) in [5, 5.41) is 15.1. The van der Waals surface area contributed by atoms with Crippen LogP contribution in [0.1, 0.15) is 27.9 Å². The second-order valence-corrected chi connectivity index (χ2v) is 6.00. The number of carbonyl (C=O) groups excluding carboxylic acids is 1. The maximum absolute atomic E-state index is 12.4. The Kier molecular flexibility index (Phi) is 5.64. The highest BCUT2D eigenvalue weighted by molar-refractivity contribution is 7.98. The van der Waals surface area contributed by atoms with Crippen molar-refractivity contribution in [1.29, 1.82) is 0 Å². The molecule has 0 saturated heterocycles. The first kappa shape index (κ1) is 15.9. The monoisotopic (exact) mass is 308 g/mol. The van der Waals surface area contributed by atoms with E-state index in [1.54, 1.807) is 17.8 Å². The number of aliphatic carboxylic acids is 1. The number of hydrogen-bond acceptors (Lipinski definition) is 4. The summed E-state index contributed by atoms with van der Waals surface area (Å²) in [6.07, 6.45) is 3.14. The largest absolute Gasteiger partial charge is 0.480 e. The fourth-order valence-corrected chi connectivity index (χ4v) is 2.95. The second-order valence-electron chi connectivity index (χ2n) is 5.02. The van der Waals surface area contributed by atoms with Crippen molar-refractivity contribution in [3.63, 3.8) is 0 Å². The Balaban J connectivity index is 2.14. The Labute approximate surface area is 128 Å². The van der Waals surface area contributed by atoms with Crippen molar-refractivity contribution in [2.75, 3.05) is 18.6 Å². The normalized spacial score (nSPS) is 15.1. The van der Waals surface area contributed by atoms with E-state index in [4.69, 9.17) is 0 Å². The molecule has 21 heavy (non-hydrogen) atoms. The van der Waals surface area contributed by atoms with Crippen molar-refractivity contribution in [3.8, 4) is 0 Å². The van der Waals surface area contributed by atoms with Crippen LogP contribution >= 0.6 is 11.8 Å². The van der Waals surface area contributed by atoms with Gasteiger partial charge in [0.25, 0.3) is 5.91 Å². The highest BCUT2D eigenvalue weighted by Gasteiger charge is 2.23. The highest BCUT2D eigenvalue weighted by atomic mass is 32.2. The molecule has 2 rings (SSSR count). The predicted octanol–water partition coefficient (Wildman–Crippen LogP) is 1.27. The number of benzene rings is 1. The Morgan fingerprint density at radius 3 is 3.00 bits per heavy atom. The van der Waals surface area contributed by atoms with Crippen molar-refractivity contribution in [2.45, 2.75) is 25.4 Å². The molecule has 0 unspecified atom stereocenters. The standard InChI is InChI=1S/C15H20N2O3S/c1-21-8-6-13(15(19)20)17-14(18)12-4-2-3-10-9-16-7-5-11(10)12/h2-4,13,16H,5-9H2,1H3,(H,17,18)(H,19,20)/t13-/m1/s1. The van der Waals surface area contributed by atoms with Gasteiger partial charge in [0.05, 0.1) is 0 Å². The van der Waals surface area contributed by atoms with Crippen LogP contribution in [-0.4, -0.2) is 41.6 Å². The number of carboxylic acids is 1. The van der Waals surface area contributed by atoms with Crippen LogP contribution in [0.2, 0.25) is 0 Å². The van der Waals surface area contributed by atoms with Crippen LogP contribution in [-0.2, 0) is 17.8 Å². The predicted molar refractivity (Wildman–Crippen MR) is 83.7 cm³/mol. The number of carboxylic acid groups (broad SMARTS) is 1. The lowest BCUT2D eigenvalue weighted by Crippen LogP contribution is -2.42. The Bertz CT molecular complexity index is 534. The van der Waals surface area contributed by atoms with Gasteiger partial charge in [-0.25, -0.2) is 4.79 Å². The molecule has 0 spiro atoms. The van der Waals surface area contributed by atoms with Gasteiger partial charge < -0.3 is 15.7 Å². The van der Waals surface area contributed by atoms with Crippen LogP contribution in [0.3, 0.4) is 0 Å². The minimum Gasteiger partial charge on any atom is -0.480 e. The summed E-state index contributed by atoms with van der Waals surface area (Å²) in [5.74, 6) is -0.570. The average molecular weight is 308 g/mol. The van der Waals surface area contributed by atoms with Crippen molar-refractivity contribution >= 4 is 23.6 Å². The minimum atomic E-state index is -0.983. The summed E-state index contributed by atoms with van der Waals surface area (Å²) in [6.45, 7) is 1.59. The molecule has 1 atom stereocenters.